The van der Waals surface area contributed by atoms with E-state index in [4.69, 9.17) is 14.2 Å². The number of aliphatic carboxylic acids is 1. The van der Waals surface area contributed by atoms with E-state index in [9.17, 15) is 14.7 Å². The largest absolute Gasteiger partial charge is 0.480 e. The normalized spacial score (nSPS) is 12.4. The van der Waals surface area contributed by atoms with Gasteiger partial charge in [0.2, 0.25) is 0 Å². The third-order valence-corrected chi connectivity index (χ3v) is 3.00. The molecule has 0 saturated heterocycles. The van der Waals surface area contributed by atoms with Crippen molar-refractivity contribution in [1.82, 2.24) is 5.32 Å². The molecule has 0 unspecified atom stereocenters. The fraction of sp³-hybridized carbons (Fsp3) is 0.529. The molecular formula is C17H25NO6. The number of hydrogen-bond acceptors (Lipinski definition) is 5. The predicted molar refractivity (Wildman–Crippen MR) is 88.2 cm³/mol. The van der Waals surface area contributed by atoms with Gasteiger partial charge in [-0.05, 0) is 44.9 Å². The fourth-order valence-corrected chi connectivity index (χ4v) is 2.01. The number of carboxylic acid groups (broad SMARTS) is 1. The van der Waals surface area contributed by atoms with Gasteiger partial charge >= 0.3 is 12.1 Å². The molecule has 0 radical (unpaired) electrons. The highest BCUT2D eigenvalue weighted by Gasteiger charge is 2.24. The second-order valence-electron chi connectivity index (χ2n) is 6.39. The maximum absolute atomic E-state index is 11.8. The van der Waals surface area contributed by atoms with Gasteiger partial charge in [0.15, 0.2) is 6.79 Å². The van der Waals surface area contributed by atoms with Crippen molar-refractivity contribution in [3.05, 3.63) is 29.3 Å². The van der Waals surface area contributed by atoms with Crippen LogP contribution in [0.1, 0.15) is 31.9 Å². The minimum Gasteiger partial charge on any atom is -0.480 e. The zero-order valence-corrected chi connectivity index (χ0v) is 14.7. The minimum absolute atomic E-state index is 0.137. The molecule has 7 heteroatoms. The Morgan fingerprint density at radius 3 is 2.46 bits per heavy atom. The lowest BCUT2D eigenvalue weighted by Gasteiger charge is -2.22. The smallest absolute Gasteiger partial charge is 0.408 e. The van der Waals surface area contributed by atoms with Gasteiger partial charge in [-0.15, -0.1) is 0 Å². The molecule has 0 saturated carbocycles. The molecule has 0 fully saturated rings. The SMILES string of the molecule is COCOc1ccc(C[C@@H](NC(=O)OC(C)(C)C)C(=O)O)cc1C. The number of carboxylic acids is 1. The number of hydrogen-bond donors (Lipinski definition) is 2. The number of nitrogens with one attached hydrogen (secondary N) is 1. The number of carbonyl (C=O) groups excluding carboxylic acids is 1. The van der Waals surface area contributed by atoms with Gasteiger partial charge in [-0.2, -0.15) is 0 Å². The lowest BCUT2D eigenvalue weighted by Crippen LogP contribution is -2.44. The molecule has 134 valence electrons. The highest BCUT2D eigenvalue weighted by molar-refractivity contribution is 5.80. The van der Waals surface area contributed by atoms with E-state index in [2.05, 4.69) is 5.32 Å². The van der Waals surface area contributed by atoms with Gasteiger partial charge in [0.25, 0.3) is 0 Å². The number of amides is 1. The van der Waals surface area contributed by atoms with Crippen LogP contribution in [0.3, 0.4) is 0 Å². The van der Waals surface area contributed by atoms with Crippen LogP contribution in [-0.4, -0.2) is 42.7 Å². The molecule has 7 nitrogen and oxygen atoms in total. The quantitative estimate of drug-likeness (QED) is 0.741. The summed E-state index contributed by atoms with van der Waals surface area (Å²) < 4.78 is 15.3. The topological polar surface area (TPSA) is 94.1 Å². The molecule has 24 heavy (non-hydrogen) atoms. The Morgan fingerprint density at radius 2 is 1.96 bits per heavy atom. The third kappa shape index (κ3) is 6.87. The number of aryl methyl sites for hydroxylation is 1. The van der Waals surface area contributed by atoms with E-state index >= 15 is 0 Å². The number of ether oxygens (including phenoxy) is 3. The molecule has 0 heterocycles. The van der Waals surface area contributed by atoms with Crippen LogP contribution in [0.5, 0.6) is 5.75 Å². The summed E-state index contributed by atoms with van der Waals surface area (Å²) >= 11 is 0. The Labute approximate surface area is 141 Å². The van der Waals surface area contributed by atoms with Crippen LogP contribution in [-0.2, 0) is 20.7 Å². The first kappa shape index (κ1) is 19.8. The van der Waals surface area contributed by atoms with Crippen molar-refractivity contribution in [2.45, 2.75) is 45.8 Å². The van der Waals surface area contributed by atoms with Crippen molar-refractivity contribution in [3.63, 3.8) is 0 Å². The molecular weight excluding hydrogens is 314 g/mol. The number of carbonyl (C=O) groups is 2. The first-order valence-corrected chi connectivity index (χ1v) is 7.56. The monoisotopic (exact) mass is 339 g/mol. The zero-order chi connectivity index (χ0) is 18.3. The molecule has 2 N–H and O–H groups in total. The number of alkyl carbamates (subject to hydrolysis) is 1. The summed E-state index contributed by atoms with van der Waals surface area (Å²) in [6.45, 7) is 7.13. The summed E-state index contributed by atoms with van der Waals surface area (Å²) in [5.41, 5.74) is 0.927. The van der Waals surface area contributed by atoms with Crippen molar-refractivity contribution in [3.8, 4) is 5.75 Å². The molecule has 1 aromatic carbocycles. The molecule has 1 amide bonds. The number of methoxy groups -OCH3 is 1. The predicted octanol–water partition coefficient (Wildman–Crippen LogP) is 2.50. The number of rotatable bonds is 7. The van der Waals surface area contributed by atoms with Gasteiger partial charge in [0.1, 0.15) is 17.4 Å². The summed E-state index contributed by atoms with van der Waals surface area (Å²) in [6.07, 6.45) is -0.619. The highest BCUT2D eigenvalue weighted by Crippen LogP contribution is 2.20. The van der Waals surface area contributed by atoms with Gasteiger partial charge in [-0.3, -0.25) is 0 Å². The van der Waals surface area contributed by atoms with Crippen molar-refractivity contribution in [2.24, 2.45) is 0 Å². The Balaban J connectivity index is 2.77. The average molecular weight is 339 g/mol. The molecule has 0 aliphatic carbocycles. The van der Waals surface area contributed by atoms with E-state index in [0.29, 0.717) is 5.75 Å². The Morgan fingerprint density at radius 1 is 1.29 bits per heavy atom. The molecule has 1 rings (SSSR count). The highest BCUT2D eigenvalue weighted by atomic mass is 16.7. The first-order chi connectivity index (χ1) is 11.1. The average Bonchev–Trinajstić information content (AvgIpc) is 2.43. The lowest BCUT2D eigenvalue weighted by molar-refractivity contribution is -0.139. The maximum Gasteiger partial charge on any atom is 0.408 e. The standard InChI is InChI=1S/C17H25NO6/c1-11-8-12(6-7-14(11)23-10-22-5)9-13(15(19)20)18-16(21)24-17(2,3)4/h6-8,13H,9-10H2,1-5H3,(H,18,21)(H,19,20)/t13-/m1/s1. The van der Waals surface area contributed by atoms with Crippen molar-refractivity contribution < 1.29 is 28.9 Å². The van der Waals surface area contributed by atoms with Crippen molar-refractivity contribution >= 4 is 12.1 Å². The minimum atomic E-state index is -1.13. The molecule has 0 spiro atoms. The first-order valence-electron chi connectivity index (χ1n) is 7.56. The van der Waals surface area contributed by atoms with E-state index in [1.165, 1.54) is 7.11 Å². The van der Waals surface area contributed by atoms with Gasteiger partial charge < -0.3 is 24.6 Å². The molecule has 0 bridgehead atoms. The maximum atomic E-state index is 11.8. The van der Waals surface area contributed by atoms with Crippen molar-refractivity contribution in [2.75, 3.05) is 13.9 Å². The van der Waals surface area contributed by atoms with Crippen LogP contribution >= 0.6 is 0 Å². The Kier molecular flexibility index (Phi) is 7.03. The summed E-state index contributed by atoms with van der Waals surface area (Å²) in [5, 5.41) is 11.7. The lowest BCUT2D eigenvalue weighted by atomic mass is 10.0. The van der Waals surface area contributed by atoms with Crippen molar-refractivity contribution in [1.29, 1.82) is 0 Å². The van der Waals surface area contributed by atoms with Crippen LogP contribution in [0, 0.1) is 6.92 Å². The van der Waals surface area contributed by atoms with Crippen LogP contribution in [0.15, 0.2) is 18.2 Å². The van der Waals surface area contributed by atoms with E-state index in [1.54, 1.807) is 32.9 Å². The third-order valence-electron chi connectivity index (χ3n) is 3.00. The van der Waals surface area contributed by atoms with E-state index in [0.717, 1.165) is 11.1 Å². The van der Waals surface area contributed by atoms with E-state index < -0.39 is 23.7 Å². The van der Waals surface area contributed by atoms with E-state index in [-0.39, 0.29) is 13.2 Å². The molecule has 0 aliphatic rings. The van der Waals surface area contributed by atoms with Gasteiger partial charge in [-0.25, -0.2) is 9.59 Å². The second kappa shape index (κ2) is 8.54. The van der Waals surface area contributed by atoms with Crippen LogP contribution < -0.4 is 10.1 Å². The summed E-state index contributed by atoms with van der Waals surface area (Å²) in [5.74, 6) is -0.467. The summed E-state index contributed by atoms with van der Waals surface area (Å²) in [4.78, 5) is 23.2. The van der Waals surface area contributed by atoms with Gasteiger partial charge in [0, 0.05) is 13.5 Å². The van der Waals surface area contributed by atoms with Gasteiger partial charge in [-0.1, -0.05) is 12.1 Å². The summed E-state index contributed by atoms with van der Waals surface area (Å²) in [7, 11) is 1.53. The van der Waals surface area contributed by atoms with Crippen LogP contribution in [0.25, 0.3) is 0 Å². The molecule has 1 atom stereocenters. The molecule has 0 aliphatic heterocycles. The summed E-state index contributed by atoms with van der Waals surface area (Å²) in [6, 6.07) is 4.24. The fourth-order valence-electron chi connectivity index (χ4n) is 2.01. The number of benzene rings is 1. The van der Waals surface area contributed by atoms with Gasteiger partial charge in [0.05, 0.1) is 0 Å². The second-order valence-corrected chi connectivity index (χ2v) is 6.39. The Hall–Kier alpha value is -2.28. The van der Waals surface area contributed by atoms with Crippen LogP contribution in [0.2, 0.25) is 0 Å². The molecule has 1 aromatic rings. The Bertz CT molecular complexity index is 579. The van der Waals surface area contributed by atoms with E-state index in [1.807, 2.05) is 13.0 Å². The zero-order valence-electron chi connectivity index (χ0n) is 14.7. The molecule has 0 aromatic heterocycles. The van der Waals surface area contributed by atoms with Crippen LogP contribution in [0.4, 0.5) is 4.79 Å².